The number of hydrogen-bond donors (Lipinski definition) is 1. The van der Waals surface area contributed by atoms with E-state index < -0.39 is 15.4 Å². The van der Waals surface area contributed by atoms with Gasteiger partial charge in [-0.15, -0.1) is 0 Å². The van der Waals surface area contributed by atoms with Gasteiger partial charge >= 0.3 is 0 Å². The molecule has 33 heavy (non-hydrogen) atoms. The van der Waals surface area contributed by atoms with Crippen molar-refractivity contribution in [3.8, 4) is 5.75 Å². The van der Waals surface area contributed by atoms with Gasteiger partial charge in [-0.2, -0.15) is 14.5 Å². The summed E-state index contributed by atoms with van der Waals surface area (Å²) in [5, 5.41) is 12.0. The van der Waals surface area contributed by atoms with E-state index in [1.165, 1.54) is 0 Å². The van der Waals surface area contributed by atoms with Crippen LogP contribution in [0.25, 0.3) is 0 Å². The van der Waals surface area contributed by atoms with Crippen LogP contribution in [0.15, 0.2) is 62.4 Å². The van der Waals surface area contributed by atoms with E-state index in [2.05, 4.69) is 29.4 Å². The summed E-state index contributed by atoms with van der Waals surface area (Å²) in [6.07, 6.45) is 4.70. The molecular weight excluding hydrogens is 440 g/mol. The van der Waals surface area contributed by atoms with E-state index in [1.807, 2.05) is 0 Å². The number of carbonyl (C=O) groups excluding carboxylic acids is 1. The van der Waals surface area contributed by atoms with Crippen LogP contribution < -0.4 is 10.1 Å². The fraction of sp³-hybridized carbons (Fsp3) is 0.542. The molecule has 1 fully saturated rings. The average Bonchev–Trinajstić information content (AvgIpc) is 3.13. The van der Waals surface area contributed by atoms with Gasteiger partial charge in [-0.05, 0) is 55.4 Å². The molecule has 1 unspecified atom stereocenters. The normalized spacial score (nSPS) is 29.2. The number of rotatable bonds is 3. The van der Waals surface area contributed by atoms with Crippen LogP contribution in [0.3, 0.4) is 0 Å². The van der Waals surface area contributed by atoms with Crippen LogP contribution >= 0.6 is 0 Å². The number of hydrogen-bond acceptors (Lipinski definition) is 7. The number of ether oxygens (including phenoxy) is 1. The molecule has 0 radical (unpaired) electrons. The van der Waals surface area contributed by atoms with E-state index in [0.29, 0.717) is 44.5 Å². The monoisotopic (exact) mass is 470 g/mol. The zero-order valence-corrected chi connectivity index (χ0v) is 20.1. The quantitative estimate of drug-likeness (QED) is 0.725. The summed E-state index contributed by atoms with van der Waals surface area (Å²) < 4.78 is 33.5. The van der Waals surface area contributed by atoms with Crippen molar-refractivity contribution < 1.29 is 17.9 Å². The van der Waals surface area contributed by atoms with Gasteiger partial charge in [0.15, 0.2) is 11.9 Å². The summed E-state index contributed by atoms with van der Waals surface area (Å²) in [4.78, 5) is 13.7. The van der Waals surface area contributed by atoms with Crippen molar-refractivity contribution in [1.82, 2.24) is 9.62 Å². The third kappa shape index (κ3) is 3.61. The maximum Gasteiger partial charge on any atom is 0.243 e. The summed E-state index contributed by atoms with van der Waals surface area (Å²) in [5.41, 5.74) is 2.16. The van der Waals surface area contributed by atoms with Gasteiger partial charge < -0.3 is 10.1 Å². The molecule has 1 spiro atoms. The first kappa shape index (κ1) is 22.3. The van der Waals surface area contributed by atoms with Crippen molar-refractivity contribution in [2.24, 2.45) is 21.1 Å². The number of ketones is 1. The molecule has 0 aromatic heterocycles. The Morgan fingerprint density at radius 2 is 1.88 bits per heavy atom. The summed E-state index contributed by atoms with van der Waals surface area (Å²) >= 11 is 0. The maximum atomic E-state index is 13.4. The second-order valence-electron chi connectivity index (χ2n) is 10.2. The number of fused-ring (bicyclic) bond motifs is 3. The Kier molecular flexibility index (Phi) is 5.25. The van der Waals surface area contributed by atoms with Crippen LogP contribution in [-0.4, -0.2) is 44.9 Å². The van der Waals surface area contributed by atoms with Crippen molar-refractivity contribution in [3.05, 3.63) is 47.3 Å². The molecule has 8 nitrogen and oxygen atoms in total. The molecule has 0 saturated carbocycles. The lowest BCUT2D eigenvalue weighted by atomic mass is 9.60. The van der Waals surface area contributed by atoms with E-state index in [0.717, 1.165) is 23.3 Å². The first-order valence-corrected chi connectivity index (χ1v) is 12.9. The highest BCUT2D eigenvalue weighted by Crippen LogP contribution is 2.55. The molecule has 0 bridgehead atoms. The highest BCUT2D eigenvalue weighted by Gasteiger charge is 2.53. The SMILES string of the molecule is COc1ccc(S(=O)(=O)N2CCC[C@@]3(CC2)C2=CN=NC2NC2=C3C(=O)CC(C)(C)C2)cc1. The Bertz CT molecular complexity index is 1180. The van der Waals surface area contributed by atoms with Gasteiger partial charge in [0.1, 0.15) is 5.75 Å². The smallest absolute Gasteiger partial charge is 0.243 e. The molecule has 3 heterocycles. The predicted octanol–water partition coefficient (Wildman–Crippen LogP) is 3.78. The second-order valence-corrected chi connectivity index (χ2v) is 12.1. The Balaban J connectivity index is 1.50. The van der Waals surface area contributed by atoms with Crippen molar-refractivity contribution in [1.29, 1.82) is 0 Å². The standard InChI is InChI=1S/C24H30N4O4S/c1-23(2)13-19-21(20(29)14-23)24(18-15-25-27-22(18)26-19)9-4-11-28(12-10-24)33(30,31)17-7-5-16(32-3)6-8-17/h5-8,15,22,26H,4,9-14H2,1-3H3/t22?,24-/m1/s1. The zero-order valence-electron chi connectivity index (χ0n) is 19.3. The van der Waals surface area contributed by atoms with Crippen molar-refractivity contribution in [2.75, 3.05) is 20.2 Å². The van der Waals surface area contributed by atoms with Crippen LogP contribution in [0.1, 0.15) is 46.0 Å². The third-order valence-corrected chi connectivity index (χ3v) is 9.30. The first-order valence-electron chi connectivity index (χ1n) is 11.4. The summed E-state index contributed by atoms with van der Waals surface area (Å²) in [7, 11) is -2.10. The van der Waals surface area contributed by atoms with Crippen LogP contribution in [0.5, 0.6) is 5.75 Å². The number of carbonyl (C=O) groups is 1. The Morgan fingerprint density at radius 3 is 2.61 bits per heavy atom. The van der Waals surface area contributed by atoms with Crippen molar-refractivity contribution in [3.63, 3.8) is 0 Å². The number of methoxy groups -OCH3 is 1. The minimum absolute atomic E-state index is 0.116. The van der Waals surface area contributed by atoms with Gasteiger partial charge in [-0.3, -0.25) is 4.79 Å². The number of benzene rings is 1. The third-order valence-electron chi connectivity index (χ3n) is 7.39. The molecule has 1 aromatic rings. The molecule has 1 N–H and O–H groups in total. The molecule has 1 saturated heterocycles. The van der Waals surface area contributed by atoms with Crippen LogP contribution in [0.2, 0.25) is 0 Å². The number of azo groups is 1. The van der Waals surface area contributed by atoms with Gasteiger partial charge in [0.2, 0.25) is 10.0 Å². The molecule has 0 amide bonds. The molecule has 9 heteroatoms. The minimum atomic E-state index is -3.65. The fourth-order valence-corrected chi connectivity index (χ4v) is 7.36. The van der Waals surface area contributed by atoms with E-state index in [4.69, 9.17) is 4.74 Å². The van der Waals surface area contributed by atoms with Gasteiger partial charge in [0.05, 0.1) is 18.2 Å². The molecule has 1 aromatic carbocycles. The number of nitrogens with one attached hydrogen (secondary N) is 1. The molecule has 2 atom stereocenters. The van der Waals surface area contributed by atoms with Crippen LogP contribution in [0, 0.1) is 10.8 Å². The summed E-state index contributed by atoms with van der Waals surface area (Å²) in [5.74, 6) is 0.773. The van der Waals surface area contributed by atoms with Crippen LogP contribution in [-0.2, 0) is 14.8 Å². The lowest BCUT2D eigenvalue weighted by Crippen LogP contribution is -2.49. The van der Waals surface area contributed by atoms with Gasteiger partial charge in [-0.1, -0.05) is 13.8 Å². The number of sulfonamides is 1. The highest BCUT2D eigenvalue weighted by atomic mass is 32.2. The fourth-order valence-electron chi connectivity index (χ4n) is 5.88. The lowest BCUT2D eigenvalue weighted by molar-refractivity contribution is -0.119. The summed E-state index contributed by atoms with van der Waals surface area (Å²) in [6.45, 7) is 4.98. The summed E-state index contributed by atoms with van der Waals surface area (Å²) in [6, 6.07) is 6.49. The largest absolute Gasteiger partial charge is 0.497 e. The first-order chi connectivity index (χ1) is 15.7. The van der Waals surface area contributed by atoms with Gasteiger partial charge in [-0.25, -0.2) is 8.42 Å². The topological polar surface area (TPSA) is 100 Å². The van der Waals surface area contributed by atoms with Crippen LogP contribution in [0.4, 0.5) is 0 Å². The van der Waals surface area contributed by atoms with Gasteiger partial charge in [0.25, 0.3) is 0 Å². The Morgan fingerprint density at radius 1 is 1.12 bits per heavy atom. The van der Waals surface area contributed by atoms with E-state index >= 15 is 0 Å². The van der Waals surface area contributed by atoms with Crippen molar-refractivity contribution >= 4 is 15.8 Å². The predicted molar refractivity (Wildman–Crippen MR) is 123 cm³/mol. The maximum absolute atomic E-state index is 13.4. The highest BCUT2D eigenvalue weighted by molar-refractivity contribution is 7.89. The molecule has 3 aliphatic heterocycles. The molecule has 5 rings (SSSR count). The molecular formula is C24H30N4O4S. The molecule has 4 aliphatic rings. The van der Waals surface area contributed by atoms with Gasteiger partial charge in [0, 0.05) is 41.8 Å². The molecule has 1 aliphatic carbocycles. The Hall–Kier alpha value is -2.52. The Labute approximate surface area is 194 Å². The number of nitrogens with zero attached hydrogens (tertiary/aromatic N) is 3. The zero-order chi connectivity index (χ0) is 23.4. The lowest BCUT2D eigenvalue weighted by Gasteiger charge is -2.47. The number of Topliss-reactive ketones (excluding diaryl/α,β-unsaturated/α-hetero) is 1. The minimum Gasteiger partial charge on any atom is -0.497 e. The van der Waals surface area contributed by atoms with E-state index in [1.54, 1.807) is 41.9 Å². The van der Waals surface area contributed by atoms with Crippen molar-refractivity contribution in [2.45, 2.75) is 57.0 Å². The number of allylic oxidation sites excluding steroid dienone is 2. The van der Waals surface area contributed by atoms with E-state index in [-0.39, 0.29) is 22.3 Å². The second kappa shape index (κ2) is 7.77. The van der Waals surface area contributed by atoms with E-state index in [9.17, 15) is 13.2 Å². The molecule has 176 valence electrons. The average molecular weight is 471 g/mol.